The summed E-state index contributed by atoms with van der Waals surface area (Å²) in [6, 6.07) is 18.4. The van der Waals surface area contributed by atoms with Gasteiger partial charge in [-0.3, -0.25) is 0 Å². The van der Waals surface area contributed by atoms with Crippen molar-refractivity contribution in [3.05, 3.63) is 70.8 Å². The fraction of sp³-hybridized carbons (Fsp3) is 0.400. The van der Waals surface area contributed by atoms with E-state index in [9.17, 15) is 0 Å². The van der Waals surface area contributed by atoms with Gasteiger partial charge in [-0.1, -0.05) is 59.7 Å². The Balaban J connectivity index is 0.00000196. The summed E-state index contributed by atoms with van der Waals surface area (Å²) in [5.41, 5.74) is 6.22. The van der Waals surface area contributed by atoms with Crippen molar-refractivity contribution in [3.63, 3.8) is 0 Å². The topological polar surface area (TPSA) is 12.1 Å². The summed E-state index contributed by atoms with van der Waals surface area (Å²) < 4.78 is 0. The van der Waals surface area contributed by atoms with Gasteiger partial charge in [0.2, 0.25) is 6.74 Å². The molecule has 0 fully saturated rings. The normalized spacial score (nSPS) is 22.4. The minimum absolute atomic E-state index is 0. The van der Waals surface area contributed by atoms with Gasteiger partial charge in [-0.15, -0.1) is 0 Å². The highest BCUT2D eigenvalue weighted by Crippen LogP contribution is 2.52. The largest absolute Gasteiger partial charge is 1.00 e. The maximum atomic E-state index is 2.50. The number of benzene rings is 2. The summed E-state index contributed by atoms with van der Waals surface area (Å²) in [5, 5.41) is 0. The maximum absolute atomic E-state index is 2.50. The third kappa shape index (κ3) is 2.32. The van der Waals surface area contributed by atoms with E-state index in [1.54, 1.807) is 31.9 Å². The zero-order valence-electron chi connectivity index (χ0n) is 16.8. The molecular formula is C20H30B2BrN3. The number of fused-ring (bicyclic) bond motifs is 1. The van der Waals surface area contributed by atoms with Gasteiger partial charge in [-0.25, -0.2) is 0 Å². The van der Waals surface area contributed by atoms with Crippen molar-refractivity contribution in [1.29, 1.82) is 0 Å². The van der Waals surface area contributed by atoms with E-state index in [0.717, 1.165) is 0 Å². The van der Waals surface area contributed by atoms with E-state index in [2.05, 4.69) is 95.6 Å². The molecule has 2 heterocycles. The summed E-state index contributed by atoms with van der Waals surface area (Å²) in [6.45, 7) is 0.518. The fourth-order valence-corrected chi connectivity index (χ4v) is 6.62. The smallest absolute Gasteiger partial charge is 0.386 e. The SMILES string of the molecule is CN(C)B1C2c3ccccc3C(c3ccccc32)[B-]1([NH+](C)C)[NH+](C)C.[Br-]. The average Bonchev–Trinajstić information content (AvgIpc) is 2.60. The highest BCUT2D eigenvalue weighted by Gasteiger charge is 2.68. The maximum Gasteiger partial charge on any atom is 0.386 e. The molecule has 2 aliphatic heterocycles. The Labute approximate surface area is 169 Å². The van der Waals surface area contributed by atoms with Crippen molar-refractivity contribution < 1.29 is 26.6 Å². The van der Waals surface area contributed by atoms with E-state index in [0.29, 0.717) is 18.4 Å². The van der Waals surface area contributed by atoms with Crippen LogP contribution in [0.3, 0.4) is 0 Å². The van der Waals surface area contributed by atoms with Gasteiger partial charge >= 0.3 is 6.31 Å². The van der Waals surface area contributed by atoms with Crippen molar-refractivity contribution in [2.24, 2.45) is 0 Å². The monoisotopic (exact) mass is 413 g/mol. The molecule has 26 heavy (non-hydrogen) atoms. The molecule has 0 aromatic heterocycles. The first-order valence-electron chi connectivity index (χ1n) is 9.54. The summed E-state index contributed by atoms with van der Waals surface area (Å²) in [6.07, 6.45) is -0.790. The Morgan fingerprint density at radius 3 is 1.50 bits per heavy atom. The summed E-state index contributed by atoms with van der Waals surface area (Å²) in [7, 11) is 14.0. The summed E-state index contributed by atoms with van der Waals surface area (Å²) >= 11 is 0. The molecule has 3 aliphatic rings. The molecule has 3 nitrogen and oxygen atoms in total. The molecule has 2 aromatic rings. The Hall–Kier alpha value is -1.07. The Bertz CT molecular complexity index is 754. The van der Waals surface area contributed by atoms with Crippen LogP contribution < -0.4 is 26.6 Å². The van der Waals surface area contributed by atoms with Crippen LogP contribution in [0.1, 0.15) is 33.9 Å². The van der Waals surface area contributed by atoms with Gasteiger partial charge in [0, 0.05) is 28.2 Å². The lowest BCUT2D eigenvalue weighted by atomic mass is 8.97. The van der Waals surface area contributed by atoms with E-state index in [1.807, 2.05) is 0 Å². The van der Waals surface area contributed by atoms with Gasteiger partial charge in [-0.2, -0.15) is 0 Å². The van der Waals surface area contributed by atoms with Gasteiger partial charge in [0.1, 0.15) is 0 Å². The highest BCUT2D eigenvalue weighted by molar-refractivity contribution is 7.26. The molecule has 0 saturated heterocycles. The lowest BCUT2D eigenvalue weighted by Crippen LogP contribution is -3.44. The van der Waals surface area contributed by atoms with Gasteiger partial charge in [0.15, 0.2) is 0 Å². The van der Waals surface area contributed by atoms with Crippen LogP contribution in [0.4, 0.5) is 0 Å². The van der Waals surface area contributed by atoms with E-state index in [-0.39, 0.29) is 17.0 Å². The minimum Gasteiger partial charge on any atom is -1.00 e. The second kappa shape index (κ2) is 6.83. The minimum atomic E-state index is -0.790. The van der Waals surface area contributed by atoms with Crippen molar-refractivity contribution in [1.82, 2.24) is 4.81 Å². The van der Waals surface area contributed by atoms with Crippen molar-refractivity contribution >= 4 is 13.0 Å². The second-order valence-corrected chi connectivity index (χ2v) is 8.83. The molecule has 138 valence electrons. The number of quaternary nitrogens is 2. The third-order valence-electron chi connectivity index (χ3n) is 7.25. The van der Waals surface area contributed by atoms with Gasteiger partial charge in [0.25, 0.3) is 0 Å². The zero-order chi connectivity index (χ0) is 17.9. The van der Waals surface area contributed by atoms with Crippen LogP contribution in [-0.4, -0.2) is 60.1 Å². The lowest BCUT2D eigenvalue weighted by molar-refractivity contribution is -0.877. The first-order chi connectivity index (χ1) is 11.9. The first kappa shape index (κ1) is 19.7. The molecule has 2 aromatic carbocycles. The molecule has 1 aliphatic carbocycles. The van der Waals surface area contributed by atoms with Gasteiger partial charge in [-0.05, 0) is 36.9 Å². The van der Waals surface area contributed by atoms with Crippen LogP contribution in [0.25, 0.3) is 0 Å². The van der Waals surface area contributed by atoms with Gasteiger partial charge < -0.3 is 31.4 Å². The van der Waals surface area contributed by atoms with E-state index in [4.69, 9.17) is 0 Å². The van der Waals surface area contributed by atoms with Crippen LogP contribution in [-0.2, 0) is 0 Å². The van der Waals surface area contributed by atoms with Crippen LogP contribution >= 0.6 is 0 Å². The molecule has 5 rings (SSSR count). The van der Waals surface area contributed by atoms with Crippen molar-refractivity contribution in [2.45, 2.75) is 11.6 Å². The molecule has 0 radical (unpaired) electrons. The van der Waals surface area contributed by atoms with Crippen LogP contribution in [0, 0.1) is 0 Å². The quantitative estimate of drug-likeness (QED) is 0.503. The van der Waals surface area contributed by atoms with E-state index >= 15 is 0 Å². The molecule has 0 spiro atoms. The lowest BCUT2D eigenvalue weighted by Gasteiger charge is -2.61. The molecule has 2 N–H and O–H groups in total. The van der Waals surface area contributed by atoms with Gasteiger partial charge in [0.05, 0.1) is 0 Å². The summed E-state index contributed by atoms with van der Waals surface area (Å²) in [4.78, 5) is 5.69. The van der Waals surface area contributed by atoms with E-state index < -0.39 is 6.31 Å². The molecule has 0 amide bonds. The third-order valence-corrected chi connectivity index (χ3v) is 7.25. The highest BCUT2D eigenvalue weighted by atomic mass is 79.9. The summed E-state index contributed by atoms with van der Waals surface area (Å²) in [5.74, 6) is 0.928. The molecule has 0 unspecified atom stereocenters. The predicted octanol–water partition coefficient (Wildman–Crippen LogP) is -3.28. The fourth-order valence-electron chi connectivity index (χ4n) is 6.62. The number of nitrogens with zero attached hydrogens (tertiary/aromatic N) is 1. The Kier molecular flexibility index (Phi) is 5.17. The molecule has 0 saturated carbocycles. The van der Waals surface area contributed by atoms with Crippen LogP contribution in [0.5, 0.6) is 0 Å². The first-order valence-corrected chi connectivity index (χ1v) is 9.54. The number of nitrogens with one attached hydrogen (secondary N) is 2. The van der Waals surface area contributed by atoms with Crippen LogP contribution in [0.2, 0.25) is 0 Å². The number of hydrogen-bond donors (Lipinski definition) is 2. The molecular weight excluding hydrogens is 384 g/mol. The van der Waals surface area contributed by atoms with E-state index in [1.165, 1.54) is 0 Å². The van der Waals surface area contributed by atoms with Crippen molar-refractivity contribution in [2.75, 3.05) is 42.3 Å². The number of rotatable bonds is 3. The Morgan fingerprint density at radius 1 is 0.769 bits per heavy atom. The number of halogens is 1. The van der Waals surface area contributed by atoms with Crippen molar-refractivity contribution in [3.8, 4) is 0 Å². The zero-order valence-corrected chi connectivity index (χ0v) is 18.3. The number of hydrogen-bond acceptors (Lipinski definition) is 1. The molecule has 2 bridgehead atoms. The Morgan fingerprint density at radius 2 is 1.15 bits per heavy atom. The molecule has 6 heteroatoms. The average molecular weight is 414 g/mol. The predicted molar refractivity (Wildman–Crippen MR) is 107 cm³/mol. The second-order valence-electron chi connectivity index (χ2n) is 8.83. The van der Waals surface area contributed by atoms with Crippen LogP contribution in [0.15, 0.2) is 48.5 Å². The molecule has 0 atom stereocenters. The standard InChI is InChI=1S/C20H30B2N3.BrH/c1-23(2)21-19-15-11-7-9-13-17(15)20(18-14-10-8-12-16(18)19)22(21,24(3)4)25(5)6;/h7-14,19-20,24-25H,1-6H3;1H/q+1;/p-1.